The number of hydrogen-bond donors (Lipinski definition) is 0. The van der Waals surface area contributed by atoms with Gasteiger partial charge in [-0.1, -0.05) is 30.4 Å². The van der Waals surface area contributed by atoms with Crippen LogP contribution in [0.3, 0.4) is 0 Å². The first kappa shape index (κ1) is 19.0. The number of rotatable bonds is 3. The third-order valence-corrected chi connectivity index (χ3v) is 5.09. The van der Waals surface area contributed by atoms with Gasteiger partial charge in [-0.15, -0.1) is 0 Å². The summed E-state index contributed by atoms with van der Waals surface area (Å²) >= 11 is 0. The Hall–Kier alpha value is -2.35. The summed E-state index contributed by atoms with van der Waals surface area (Å²) in [6.45, 7) is 16.5. The Balaban J connectivity index is 2.25. The normalized spacial score (nSPS) is 15.6. The fraction of sp³-hybridized carbons (Fsp3) is 0.348. The van der Waals surface area contributed by atoms with Gasteiger partial charge >= 0.3 is 11.5 Å². The van der Waals surface area contributed by atoms with Crippen LogP contribution >= 0.6 is 0 Å². The molecule has 0 saturated heterocycles. The van der Waals surface area contributed by atoms with Crippen LogP contribution in [-0.2, 0) is 4.74 Å². The molecule has 0 radical (unpaired) electrons. The summed E-state index contributed by atoms with van der Waals surface area (Å²) in [5.74, 6) is 3.90. The van der Waals surface area contributed by atoms with Crippen molar-refractivity contribution in [1.29, 1.82) is 0 Å². The topological polar surface area (TPSA) is 20.5 Å². The zero-order valence-corrected chi connectivity index (χ0v) is 16.7. The average molecular weight is 337 g/mol. The van der Waals surface area contributed by atoms with Crippen molar-refractivity contribution in [3.63, 3.8) is 0 Å². The van der Waals surface area contributed by atoms with E-state index < -0.39 is 0 Å². The molecule has 0 bridgehead atoms. The molecule has 132 valence electrons. The maximum Gasteiger partial charge on any atom is 0.329 e. The van der Waals surface area contributed by atoms with E-state index in [-0.39, 0.29) is 0 Å². The third-order valence-electron chi connectivity index (χ3n) is 5.09. The minimum Gasteiger partial charge on any atom is -0.466 e. The van der Waals surface area contributed by atoms with Crippen molar-refractivity contribution in [1.82, 2.24) is 0 Å². The zero-order chi connectivity index (χ0) is 18.7. The highest BCUT2D eigenvalue weighted by molar-refractivity contribution is 5.60. The van der Waals surface area contributed by atoms with Gasteiger partial charge in [-0.2, -0.15) is 0 Å². The highest BCUT2D eigenvalue weighted by atomic mass is 16.5. The zero-order valence-electron chi connectivity index (χ0n) is 16.7. The molecule has 0 aromatic carbocycles. The molecule has 0 spiro atoms. The summed E-state index contributed by atoms with van der Waals surface area (Å²) in [7, 11) is 0. The largest absolute Gasteiger partial charge is 0.466 e. The van der Waals surface area contributed by atoms with Crippen molar-refractivity contribution in [2.24, 2.45) is 0 Å². The summed E-state index contributed by atoms with van der Waals surface area (Å²) in [5, 5.41) is 0. The molecule has 0 unspecified atom stereocenters. The van der Waals surface area contributed by atoms with Gasteiger partial charge in [0, 0.05) is 0 Å². The summed E-state index contributed by atoms with van der Waals surface area (Å²) in [6.07, 6.45) is 10.5. The van der Waals surface area contributed by atoms with Crippen molar-refractivity contribution in [3.8, 4) is 0 Å². The van der Waals surface area contributed by atoms with Crippen LogP contribution in [0.2, 0.25) is 0 Å². The standard InChI is InChI=1S/C23H29O2/c1-14-18(5)24-19(6)15(2)22(14)12-10-9-11-13-23-16(3)20(7)25-21(8)17(23)4/h9-13H,1-8H3/q+1. The van der Waals surface area contributed by atoms with Crippen molar-refractivity contribution in [3.05, 3.63) is 80.8 Å². The maximum absolute atomic E-state index is 5.75. The molecule has 1 aliphatic heterocycles. The lowest BCUT2D eigenvalue weighted by Gasteiger charge is -2.21. The summed E-state index contributed by atoms with van der Waals surface area (Å²) in [5.41, 5.74) is 7.25. The summed E-state index contributed by atoms with van der Waals surface area (Å²) < 4.78 is 11.5. The highest BCUT2D eigenvalue weighted by Crippen LogP contribution is 2.31. The Morgan fingerprint density at radius 2 is 1.20 bits per heavy atom. The fourth-order valence-corrected chi connectivity index (χ4v) is 2.95. The first-order valence-corrected chi connectivity index (χ1v) is 8.73. The SMILES string of the molecule is CC1=C(C)C(=C/C=C/C=C/c2c(C)c(C)[o+]c(C)c2C)C(C)=C(C)O1. The first-order chi connectivity index (χ1) is 11.7. The monoisotopic (exact) mass is 337 g/mol. The van der Waals surface area contributed by atoms with Crippen LogP contribution in [0.5, 0.6) is 0 Å². The van der Waals surface area contributed by atoms with Crippen molar-refractivity contribution in [2.45, 2.75) is 55.4 Å². The van der Waals surface area contributed by atoms with Crippen molar-refractivity contribution in [2.75, 3.05) is 0 Å². The highest BCUT2D eigenvalue weighted by Gasteiger charge is 2.18. The van der Waals surface area contributed by atoms with Gasteiger partial charge in [-0.3, -0.25) is 0 Å². The van der Waals surface area contributed by atoms with E-state index in [1.165, 1.54) is 33.4 Å². The van der Waals surface area contributed by atoms with Crippen LogP contribution < -0.4 is 0 Å². The third kappa shape index (κ3) is 4.01. The first-order valence-electron chi connectivity index (χ1n) is 8.73. The van der Waals surface area contributed by atoms with Crippen LogP contribution in [0.25, 0.3) is 6.08 Å². The molecule has 1 aromatic rings. The van der Waals surface area contributed by atoms with Gasteiger partial charge in [0.15, 0.2) is 0 Å². The van der Waals surface area contributed by atoms with E-state index in [4.69, 9.17) is 9.15 Å². The van der Waals surface area contributed by atoms with Gasteiger partial charge in [-0.05, 0) is 63.8 Å². The van der Waals surface area contributed by atoms with Gasteiger partial charge in [0.05, 0.1) is 25.0 Å². The Bertz CT molecular complexity index is 791. The maximum atomic E-state index is 5.75. The van der Waals surface area contributed by atoms with E-state index in [1.807, 2.05) is 27.7 Å². The second-order valence-corrected chi connectivity index (χ2v) is 6.67. The molecule has 0 amide bonds. The Kier molecular flexibility index (Phi) is 5.84. The molecule has 2 heterocycles. The molecular weight excluding hydrogens is 308 g/mol. The molecule has 1 aliphatic rings. The molecule has 0 fully saturated rings. The van der Waals surface area contributed by atoms with E-state index in [9.17, 15) is 0 Å². The fourth-order valence-electron chi connectivity index (χ4n) is 2.95. The Labute approximate surface area is 151 Å². The molecule has 1 aromatic heterocycles. The lowest BCUT2D eigenvalue weighted by Crippen LogP contribution is -2.04. The molecule has 0 N–H and O–H groups in total. The van der Waals surface area contributed by atoms with E-state index in [0.29, 0.717) is 0 Å². The predicted octanol–water partition coefficient (Wildman–Crippen LogP) is 6.91. The summed E-state index contributed by atoms with van der Waals surface area (Å²) in [6, 6.07) is 0. The molecule has 2 rings (SSSR count). The second kappa shape index (κ2) is 7.69. The van der Waals surface area contributed by atoms with E-state index in [1.54, 1.807) is 0 Å². The minimum atomic E-state index is 0.975. The lowest BCUT2D eigenvalue weighted by molar-refractivity contribution is 0.295. The quantitative estimate of drug-likeness (QED) is 0.441. The number of ether oxygens (including phenoxy) is 1. The van der Waals surface area contributed by atoms with E-state index >= 15 is 0 Å². The lowest BCUT2D eigenvalue weighted by atomic mass is 9.96. The summed E-state index contributed by atoms with van der Waals surface area (Å²) in [4.78, 5) is 0. The van der Waals surface area contributed by atoms with Crippen LogP contribution in [0.1, 0.15) is 55.9 Å². The molecule has 0 saturated carbocycles. The van der Waals surface area contributed by atoms with Crippen molar-refractivity contribution < 1.29 is 9.15 Å². The van der Waals surface area contributed by atoms with Crippen LogP contribution in [0.4, 0.5) is 0 Å². The molecule has 2 heteroatoms. The van der Waals surface area contributed by atoms with Gasteiger partial charge < -0.3 is 4.74 Å². The average Bonchev–Trinajstić information content (AvgIpc) is 2.56. The van der Waals surface area contributed by atoms with Crippen molar-refractivity contribution >= 4 is 6.08 Å². The van der Waals surface area contributed by atoms with E-state index in [0.717, 1.165) is 23.0 Å². The van der Waals surface area contributed by atoms with Gasteiger partial charge in [0.1, 0.15) is 11.5 Å². The second-order valence-electron chi connectivity index (χ2n) is 6.67. The van der Waals surface area contributed by atoms with Gasteiger partial charge in [0.25, 0.3) is 0 Å². The molecule has 25 heavy (non-hydrogen) atoms. The van der Waals surface area contributed by atoms with Crippen LogP contribution in [0, 0.1) is 27.7 Å². The number of hydrogen-bond acceptors (Lipinski definition) is 1. The minimum absolute atomic E-state index is 0.975. The van der Waals surface area contributed by atoms with Gasteiger partial charge in [-0.25, -0.2) is 4.42 Å². The molecule has 2 nitrogen and oxygen atoms in total. The Morgan fingerprint density at radius 3 is 1.72 bits per heavy atom. The molecular formula is C23H29O2+. The predicted molar refractivity (Wildman–Crippen MR) is 106 cm³/mol. The smallest absolute Gasteiger partial charge is 0.329 e. The van der Waals surface area contributed by atoms with E-state index in [2.05, 4.69) is 58.1 Å². The molecule has 0 aliphatic carbocycles. The van der Waals surface area contributed by atoms with Gasteiger partial charge in [0.2, 0.25) is 0 Å². The number of aryl methyl sites for hydroxylation is 2. The van der Waals surface area contributed by atoms with Crippen LogP contribution in [-0.4, -0.2) is 0 Å². The van der Waals surface area contributed by atoms with Crippen LogP contribution in [0.15, 0.2) is 57.0 Å². The molecule has 0 atom stereocenters. The Morgan fingerprint density at radius 1 is 0.680 bits per heavy atom. The number of allylic oxidation sites excluding steroid dienone is 9.